The van der Waals surface area contributed by atoms with Crippen molar-refractivity contribution in [3.05, 3.63) is 23.8 Å². The summed E-state index contributed by atoms with van der Waals surface area (Å²) in [5.41, 5.74) is 6.04. The van der Waals surface area contributed by atoms with Gasteiger partial charge in [0.05, 0.1) is 18.0 Å². The summed E-state index contributed by atoms with van der Waals surface area (Å²) in [7, 11) is 0. The number of anilines is 2. The van der Waals surface area contributed by atoms with Gasteiger partial charge in [-0.25, -0.2) is 8.78 Å². The van der Waals surface area contributed by atoms with E-state index in [1.54, 1.807) is 4.90 Å². The Morgan fingerprint density at radius 2 is 2.00 bits per heavy atom. The maximum Gasteiger partial charge on any atom is 0.184 e. The molecule has 0 saturated carbocycles. The molecule has 0 unspecified atom stereocenters. The highest BCUT2D eigenvalue weighted by Crippen LogP contribution is 2.28. The fraction of sp³-hybridized carbons (Fsp3) is 0.500. The number of ether oxygens (including phenoxy) is 1. The first-order chi connectivity index (χ1) is 8.11. The molecule has 0 saturated heterocycles. The van der Waals surface area contributed by atoms with Crippen LogP contribution in [0.25, 0.3) is 0 Å². The van der Waals surface area contributed by atoms with E-state index in [2.05, 4.69) is 0 Å². The maximum atomic E-state index is 13.7. The second-order valence-corrected chi connectivity index (χ2v) is 3.58. The second kappa shape index (κ2) is 6.39. The van der Waals surface area contributed by atoms with Crippen LogP contribution < -0.4 is 10.6 Å². The van der Waals surface area contributed by atoms with Crippen LogP contribution in [-0.4, -0.2) is 26.3 Å². The number of hydrogen-bond acceptors (Lipinski definition) is 3. The van der Waals surface area contributed by atoms with Gasteiger partial charge in [-0.2, -0.15) is 0 Å². The molecular weight excluding hydrogens is 226 g/mol. The van der Waals surface area contributed by atoms with Gasteiger partial charge in [-0.1, -0.05) is 0 Å². The lowest BCUT2D eigenvalue weighted by Gasteiger charge is -2.25. The number of halogens is 2. The number of nitrogens with zero attached hydrogens (tertiary/aromatic N) is 1. The van der Waals surface area contributed by atoms with E-state index in [-0.39, 0.29) is 11.4 Å². The molecule has 0 radical (unpaired) electrons. The summed E-state index contributed by atoms with van der Waals surface area (Å²) in [5.74, 6) is -1.78. The van der Waals surface area contributed by atoms with Gasteiger partial charge in [-0.3, -0.25) is 0 Å². The van der Waals surface area contributed by atoms with Gasteiger partial charge in [0.15, 0.2) is 11.6 Å². The predicted octanol–water partition coefficient (Wildman–Crippen LogP) is 2.41. The second-order valence-electron chi connectivity index (χ2n) is 3.58. The molecule has 2 N–H and O–H groups in total. The van der Waals surface area contributed by atoms with Crippen molar-refractivity contribution in [2.45, 2.75) is 13.8 Å². The van der Waals surface area contributed by atoms with Crippen LogP contribution in [0.3, 0.4) is 0 Å². The molecular formula is C12H18F2N2O. The first-order valence-electron chi connectivity index (χ1n) is 5.67. The van der Waals surface area contributed by atoms with Gasteiger partial charge >= 0.3 is 0 Å². The topological polar surface area (TPSA) is 38.5 Å². The Labute approximate surface area is 100 Å². The monoisotopic (exact) mass is 244 g/mol. The van der Waals surface area contributed by atoms with Crippen LogP contribution in [0, 0.1) is 11.6 Å². The van der Waals surface area contributed by atoms with E-state index in [0.717, 1.165) is 6.07 Å². The lowest BCUT2D eigenvalue weighted by Crippen LogP contribution is -2.29. The minimum absolute atomic E-state index is 0.118. The standard InChI is InChI=1S/C12H18F2N2O/c1-3-16(7-8-17-4-2)12-10(15)6-5-9(13)11(12)14/h5-6H,3-4,7-8,15H2,1-2H3. The molecule has 0 aromatic heterocycles. The smallest absolute Gasteiger partial charge is 0.184 e. The highest BCUT2D eigenvalue weighted by molar-refractivity contribution is 5.68. The van der Waals surface area contributed by atoms with Crippen molar-refractivity contribution < 1.29 is 13.5 Å². The van der Waals surface area contributed by atoms with E-state index in [4.69, 9.17) is 10.5 Å². The van der Waals surface area contributed by atoms with Crippen LogP contribution in [0.4, 0.5) is 20.2 Å². The highest BCUT2D eigenvalue weighted by atomic mass is 19.2. The maximum absolute atomic E-state index is 13.7. The molecule has 0 spiro atoms. The molecule has 0 amide bonds. The van der Waals surface area contributed by atoms with E-state index in [1.807, 2.05) is 13.8 Å². The van der Waals surface area contributed by atoms with E-state index < -0.39 is 11.6 Å². The molecule has 1 aromatic rings. The first kappa shape index (κ1) is 13.7. The Balaban J connectivity index is 2.91. The third-order valence-electron chi connectivity index (χ3n) is 2.51. The fourth-order valence-electron chi connectivity index (χ4n) is 1.62. The summed E-state index contributed by atoms with van der Waals surface area (Å²) in [4.78, 5) is 1.67. The number of hydrogen-bond donors (Lipinski definition) is 1. The van der Waals surface area contributed by atoms with Crippen LogP contribution in [0.1, 0.15) is 13.8 Å². The van der Waals surface area contributed by atoms with Crippen LogP contribution in [0.2, 0.25) is 0 Å². The number of benzene rings is 1. The van der Waals surface area contributed by atoms with Gasteiger partial charge in [0.25, 0.3) is 0 Å². The number of nitrogens with two attached hydrogens (primary N) is 1. The summed E-state index contributed by atoms with van der Waals surface area (Å²) in [6.07, 6.45) is 0. The number of likely N-dealkylation sites (N-methyl/N-ethyl adjacent to an activating group) is 1. The number of nitrogen functional groups attached to an aromatic ring is 1. The van der Waals surface area contributed by atoms with E-state index >= 15 is 0 Å². The number of rotatable bonds is 6. The molecule has 0 bridgehead atoms. The Bertz CT molecular complexity index is 372. The third-order valence-corrected chi connectivity index (χ3v) is 2.51. The minimum atomic E-state index is -0.900. The first-order valence-corrected chi connectivity index (χ1v) is 5.67. The largest absolute Gasteiger partial charge is 0.397 e. The Kier molecular flexibility index (Phi) is 5.15. The van der Waals surface area contributed by atoms with Crippen LogP contribution in [-0.2, 0) is 4.74 Å². The lowest BCUT2D eigenvalue weighted by atomic mass is 10.2. The summed E-state index contributed by atoms with van der Waals surface area (Å²) < 4.78 is 32.0. The van der Waals surface area contributed by atoms with Gasteiger partial charge < -0.3 is 15.4 Å². The molecule has 5 heteroatoms. The molecule has 0 fully saturated rings. The van der Waals surface area contributed by atoms with Gasteiger partial charge in [0, 0.05) is 19.7 Å². The Morgan fingerprint density at radius 3 is 2.59 bits per heavy atom. The van der Waals surface area contributed by atoms with Crippen molar-refractivity contribution in [1.82, 2.24) is 0 Å². The van der Waals surface area contributed by atoms with Gasteiger partial charge in [-0.15, -0.1) is 0 Å². The molecule has 0 aliphatic carbocycles. The lowest BCUT2D eigenvalue weighted by molar-refractivity contribution is 0.154. The van der Waals surface area contributed by atoms with Crippen molar-refractivity contribution in [1.29, 1.82) is 0 Å². The minimum Gasteiger partial charge on any atom is -0.397 e. The average molecular weight is 244 g/mol. The third kappa shape index (κ3) is 3.30. The van der Waals surface area contributed by atoms with Crippen molar-refractivity contribution in [2.75, 3.05) is 36.9 Å². The quantitative estimate of drug-likeness (QED) is 0.617. The summed E-state index contributed by atoms with van der Waals surface area (Å²) in [6, 6.07) is 2.40. The normalized spacial score (nSPS) is 10.6. The molecule has 0 heterocycles. The molecule has 3 nitrogen and oxygen atoms in total. The molecule has 0 aliphatic heterocycles. The van der Waals surface area contributed by atoms with Crippen molar-refractivity contribution in [3.63, 3.8) is 0 Å². The van der Waals surface area contributed by atoms with Crippen molar-refractivity contribution >= 4 is 11.4 Å². The predicted molar refractivity (Wildman–Crippen MR) is 65.2 cm³/mol. The van der Waals surface area contributed by atoms with Gasteiger partial charge in [0.1, 0.15) is 0 Å². The van der Waals surface area contributed by atoms with Crippen LogP contribution in [0.5, 0.6) is 0 Å². The fourth-order valence-corrected chi connectivity index (χ4v) is 1.62. The SMILES string of the molecule is CCOCCN(CC)c1c(N)ccc(F)c1F. The van der Waals surface area contributed by atoms with E-state index in [1.165, 1.54) is 6.07 Å². The van der Waals surface area contributed by atoms with E-state index in [0.29, 0.717) is 26.3 Å². The zero-order valence-corrected chi connectivity index (χ0v) is 10.2. The summed E-state index contributed by atoms with van der Waals surface area (Å²) >= 11 is 0. The van der Waals surface area contributed by atoms with Crippen molar-refractivity contribution in [3.8, 4) is 0 Å². The molecule has 0 atom stereocenters. The van der Waals surface area contributed by atoms with E-state index in [9.17, 15) is 8.78 Å². The molecule has 17 heavy (non-hydrogen) atoms. The zero-order valence-electron chi connectivity index (χ0n) is 10.2. The summed E-state index contributed by atoms with van der Waals surface area (Å²) in [5, 5.41) is 0. The van der Waals surface area contributed by atoms with Crippen molar-refractivity contribution in [2.24, 2.45) is 0 Å². The van der Waals surface area contributed by atoms with Gasteiger partial charge in [-0.05, 0) is 26.0 Å². The Hall–Kier alpha value is -1.36. The average Bonchev–Trinajstić information content (AvgIpc) is 2.32. The molecule has 96 valence electrons. The summed E-state index contributed by atoms with van der Waals surface area (Å²) in [6.45, 7) is 5.81. The van der Waals surface area contributed by atoms with Crippen LogP contribution >= 0.6 is 0 Å². The molecule has 0 aliphatic rings. The Morgan fingerprint density at radius 1 is 1.29 bits per heavy atom. The molecule has 1 rings (SSSR count). The highest BCUT2D eigenvalue weighted by Gasteiger charge is 2.17. The molecule has 1 aromatic carbocycles. The zero-order chi connectivity index (χ0) is 12.8. The van der Waals surface area contributed by atoms with Gasteiger partial charge in [0.2, 0.25) is 0 Å². The van der Waals surface area contributed by atoms with Crippen LogP contribution in [0.15, 0.2) is 12.1 Å².